The van der Waals surface area contributed by atoms with E-state index in [-0.39, 0.29) is 68.4 Å². The zero-order chi connectivity index (χ0) is 24.4. The smallest absolute Gasteiger partial charge is 0.144 e. The zero-order valence-corrected chi connectivity index (χ0v) is 22.5. The van der Waals surface area contributed by atoms with Crippen LogP contribution in [0.4, 0.5) is 0 Å². The van der Waals surface area contributed by atoms with Gasteiger partial charge in [0.1, 0.15) is 11.6 Å². The number of carbonyl (C=O) groups excluding carboxylic acids is 2. The van der Waals surface area contributed by atoms with Crippen molar-refractivity contribution in [3.05, 3.63) is 0 Å². The SMILES string of the molecule is C[C@H]1C(=O)CC(=O)[C@@H]2[C@]1(C)CC[C@H]1[C@@]2(C)CC[C@@]2(C)[C@@H]3CC(C)(C)[C@H](O)C[C@]3(C)CC[C@]12C. The van der Waals surface area contributed by atoms with Gasteiger partial charge in [0.15, 0.2) is 0 Å². The summed E-state index contributed by atoms with van der Waals surface area (Å²) in [7, 11) is 0. The van der Waals surface area contributed by atoms with Crippen LogP contribution < -0.4 is 0 Å². The summed E-state index contributed by atoms with van der Waals surface area (Å²) < 4.78 is 0. The van der Waals surface area contributed by atoms with Crippen LogP contribution in [0.5, 0.6) is 0 Å². The van der Waals surface area contributed by atoms with E-state index in [9.17, 15) is 14.7 Å². The van der Waals surface area contributed by atoms with Crippen molar-refractivity contribution in [3.63, 3.8) is 0 Å². The van der Waals surface area contributed by atoms with Gasteiger partial charge in [0.25, 0.3) is 0 Å². The summed E-state index contributed by atoms with van der Waals surface area (Å²) >= 11 is 0. The number of ketones is 2. The Kier molecular flexibility index (Phi) is 4.90. The summed E-state index contributed by atoms with van der Waals surface area (Å²) in [6.07, 6.45) is 8.80. The molecule has 0 amide bonds. The molecule has 0 aromatic carbocycles. The molecule has 0 aliphatic heterocycles. The Morgan fingerprint density at radius 1 is 0.727 bits per heavy atom. The molecule has 5 aliphatic carbocycles. The first kappa shape index (κ1) is 24.0. The fourth-order valence-electron chi connectivity index (χ4n) is 11.1. The molecule has 0 saturated heterocycles. The zero-order valence-electron chi connectivity index (χ0n) is 22.5. The van der Waals surface area contributed by atoms with Gasteiger partial charge in [-0.1, -0.05) is 55.4 Å². The highest BCUT2D eigenvalue weighted by Gasteiger charge is 2.72. The van der Waals surface area contributed by atoms with E-state index in [1.165, 1.54) is 19.3 Å². The Morgan fingerprint density at radius 3 is 2.00 bits per heavy atom. The molecule has 0 aromatic rings. The molecule has 3 heteroatoms. The molecule has 5 fully saturated rings. The fraction of sp³-hybridized carbons (Fsp3) is 0.933. The highest BCUT2D eigenvalue weighted by molar-refractivity contribution is 6.04. The molecule has 0 spiro atoms. The van der Waals surface area contributed by atoms with Crippen LogP contribution in [-0.4, -0.2) is 22.8 Å². The van der Waals surface area contributed by atoms with Gasteiger partial charge < -0.3 is 5.11 Å². The van der Waals surface area contributed by atoms with Crippen molar-refractivity contribution in [1.82, 2.24) is 0 Å². The average molecular weight is 457 g/mol. The van der Waals surface area contributed by atoms with Gasteiger partial charge in [0.2, 0.25) is 0 Å². The van der Waals surface area contributed by atoms with Crippen LogP contribution in [0, 0.1) is 56.2 Å². The molecule has 5 aliphatic rings. The maximum absolute atomic E-state index is 13.5. The van der Waals surface area contributed by atoms with Crippen molar-refractivity contribution in [2.75, 3.05) is 0 Å². The largest absolute Gasteiger partial charge is 0.393 e. The van der Waals surface area contributed by atoms with E-state index < -0.39 is 0 Å². The summed E-state index contributed by atoms with van der Waals surface area (Å²) in [6.45, 7) is 19.0. The first-order valence-corrected chi connectivity index (χ1v) is 13.8. The van der Waals surface area contributed by atoms with Crippen molar-refractivity contribution in [1.29, 1.82) is 0 Å². The average Bonchev–Trinajstić information content (AvgIpc) is 2.70. The molecule has 0 unspecified atom stereocenters. The van der Waals surface area contributed by atoms with Crippen LogP contribution >= 0.6 is 0 Å². The van der Waals surface area contributed by atoms with E-state index in [0.717, 1.165) is 32.1 Å². The second-order valence-corrected chi connectivity index (χ2v) is 15.3. The van der Waals surface area contributed by atoms with Crippen LogP contribution in [0.1, 0.15) is 113 Å². The molecule has 0 bridgehead atoms. The molecule has 1 N–H and O–H groups in total. The van der Waals surface area contributed by atoms with Crippen molar-refractivity contribution in [2.45, 2.75) is 119 Å². The Hall–Kier alpha value is -0.700. The van der Waals surface area contributed by atoms with E-state index in [1.54, 1.807) is 0 Å². The molecule has 5 rings (SSSR count). The van der Waals surface area contributed by atoms with Crippen LogP contribution in [0.3, 0.4) is 0 Å². The Bertz CT molecular complexity index is 891. The molecule has 0 aromatic heterocycles. The fourth-order valence-corrected chi connectivity index (χ4v) is 11.1. The van der Waals surface area contributed by atoms with Gasteiger partial charge in [-0.25, -0.2) is 0 Å². The molecule has 3 nitrogen and oxygen atoms in total. The number of aliphatic hydroxyl groups is 1. The van der Waals surface area contributed by atoms with Gasteiger partial charge in [-0.05, 0) is 95.7 Å². The van der Waals surface area contributed by atoms with Crippen LogP contribution in [0.15, 0.2) is 0 Å². The van der Waals surface area contributed by atoms with Crippen molar-refractivity contribution >= 4 is 11.6 Å². The predicted octanol–water partition coefficient (Wildman–Crippen LogP) is 6.61. The third-order valence-electron chi connectivity index (χ3n) is 13.6. The normalized spacial score (nSPS) is 58.0. The molecule has 5 saturated carbocycles. The van der Waals surface area contributed by atoms with E-state index in [1.807, 2.05) is 0 Å². The minimum atomic E-state index is -0.213. The highest BCUT2D eigenvalue weighted by atomic mass is 16.3. The van der Waals surface area contributed by atoms with E-state index in [0.29, 0.717) is 11.8 Å². The number of hydrogen-bond donors (Lipinski definition) is 1. The molecule has 0 radical (unpaired) electrons. The lowest BCUT2D eigenvalue weighted by Gasteiger charge is -2.74. The lowest BCUT2D eigenvalue weighted by Crippen LogP contribution is -2.69. The maximum Gasteiger partial charge on any atom is 0.144 e. The minimum absolute atomic E-state index is 0.00521. The second-order valence-electron chi connectivity index (χ2n) is 15.3. The Balaban J connectivity index is 1.57. The van der Waals surface area contributed by atoms with Gasteiger partial charge in [-0.15, -0.1) is 0 Å². The quantitative estimate of drug-likeness (QED) is 0.417. The van der Waals surface area contributed by atoms with E-state index in [2.05, 4.69) is 55.4 Å². The minimum Gasteiger partial charge on any atom is -0.393 e. The third kappa shape index (κ3) is 2.78. The van der Waals surface area contributed by atoms with Crippen molar-refractivity contribution in [2.24, 2.45) is 56.2 Å². The number of Topliss-reactive ketones (excluding diaryl/α,β-unsaturated/α-hetero) is 2. The van der Waals surface area contributed by atoms with Crippen molar-refractivity contribution in [3.8, 4) is 0 Å². The standard InChI is InChI=1S/C30H48O3/c1-18-19(31)15-20(32)24-27(18,5)10-9-21-28(24,6)12-14-30(8)22-16-25(2,3)23(33)17-26(22,4)11-13-29(21,30)7/h18,21-24,33H,9-17H2,1-8H3/t18-,21-,22+,23+,24+,26-,27+,28+,29+,30-/m0/s1. The predicted molar refractivity (Wildman–Crippen MR) is 132 cm³/mol. The van der Waals surface area contributed by atoms with Gasteiger partial charge in [0, 0.05) is 11.8 Å². The molecular formula is C30H48O3. The summed E-state index contributed by atoms with van der Waals surface area (Å²) in [5.41, 5.74) is 0.421. The molecular weight excluding hydrogens is 408 g/mol. The van der Waals surface area contributed by atoms with Crippen molar-refractivity contribution < 1.29 is 14.7 Å². The van der Waals surface area contributed by atoms with Gasteiger partial charge in [-0.2, -0.15) is 0 Å². The lowest BCUT2D eigenvalue weighted by atomic mass is 9.30. The maximum atomic E-state index is 13.5. The number of carbonyl (C=O) groups is 2. The monoisotopic (exact) mass is 456 g/mol. The molecule has 10 atom stereocenters. The summed E-state index contributed by atoms with van der Waals surface area (Å²) in [4.78, 5) is 26.3. The van der Waals surface area contributed by atoms with Gasteiger partial charge in [0.05, 0.1) is 12.5 Å². The van der Waals surface area contributed by atoms with Crippen LogP contribution in [0.2, 0.25) is 0 Å². The summed E-state index contributed by atoms with van der Waals surface area (Å²) in [6, 6.07) is 0. The van der Waals surface area contributed by atoms with E-state index in [4.69, 9.17) is 0 Å². The summed E-state index contributed by atoms with van der Waals surface area (Å²) in [5, 5.41) is 11.0. The molecule has 33 heavy (non-hydrogen) atoms. The topological polar surface area (TPSA) is 54.4 Å². The van der Waals surface area contributed by atoms with Gasteiger partial charge >= 0.3 is 0 Å². The number of fused-ring (bicyclic) bond motifs is 7. The Labute approximate surface area is 201 Å². The second kappa shape index (κ2) is 6.74. The van der Waals surface area contributed by atoms with Gasteiger partial charge in [-0.3, -0.25) is 9.59 Å². The molecule has 186 valence electrons. The third-order valence-corrected chi connectivity index (χ3v) is 13.6. The highest BCUT2D eigenvalue weighted by Crippen LogP contribution is 2.78. The number of rotatable bonds is 0. The van der Waals surface area contributed by atoms with Crippen LogP contribution in [-0.2, 0) is 9.59 Å². The first-order valence-electron chi connectivity index (χ1n) is 13.8. The van der Waals surface area contributed by atoms with E-state index >= 15 is 0 Å². The molecule has 0 heterocycles. The van der Waals surface area contributed by atoms with Crippen LogP contribution in [0.25, 0.3) is 0 Å². The number of hydrogen-bond acceptors (Lipinski definition) is 3. The lowest BCUT2D eigenvalue weighted by molar-refractivity contribution is -0.260. The number of aliphatic hydroxyl groups excluding tert-OH is 1. The summed E-state index contributed by atoms with van der Waals surface area (Å²) in [5.74, 6) is 1.57. The Morgan fingerprint density at radius 2 is 1.33 bits per heavy atom. The first-order chi connectivity index (χ1) is 15.1.